The molecular formula is C20H26ClN5O2S. The fraction of sp³-hybridized carbons (Fsp3) is 0.550. The lowest BCUT2D eigenvalue weighted by Gasteiger charge is -2.35. The fourth-order valence-electron chi connectivity index (χ4n) is 3.92. The molecule has 29 heavy (non-hydrogen) atoms. The number of nitrogens with zero attached hydrogens (tertiary/aromatic N) is 5. The molecule has 0 radical (unpaired) electrons. The van der Waals surface area contributed by atoms with E-state index in [1.54, 1.807) is 0 Å². The first-order chi connectivity index (χ1) is 14.0. The summed E-state index contributed by atoms with van der Waals surface area (Å²) in [7, 11) is 0. The van der Waals surface area contributed by atoms with Gasteiger partial charge in [-0.3, -0.25) is 9.36 Å². The van der Waals surface area contributed by atoms with Crippen LogP contribution in [0.3, 0.4) is 0 Å². The van der Waals surface area contributed by atoms with Crippen molar-refractivity contribution in [3.63, 3.8) is 0 Å². The van der Waals surface area contributed by atoms with Gasteiger partial charge in [0.15, 0.2) is 5.16 Å². The molecule has 0 saturated carbocycles. The maximum Gasteiger partial charge on any atom is 0.233 e. The van der Waals surface area contributed by atoms with E-state index in [2.05, 4.69) is 15.1 Å². The minimum atomic E-state index is 0.0598. The molecule has 2 aliphatic rings. The maximum atomic E-state index is 12.8. The molecule has 9 heteroatoms. The third kappa shape index (κ3) is 4.70. The SMILES string of the molecule is C[C@@H]1CN(C(=O)CSc2nnc(N3CCCC3)n2-c2cccc(Cl)c2)C[C@@H](C)O1. The van der Waals surface area contributed by atoms with E-state index in [0.717, 1.165) is 37.6 Å². The summed E-state index contributed by atoms with van der Waals surface area (Å²) in [5, 5.41) is 10.2. The van der Waals surface area contributed by atoms with Gasteiger partial charge in [0, 0.05) is 31.2 Å². The predicted octanol–water partition coefficient (Wildman–Crippen LogP) is 3.25. The first-order valence-electron chi connectivity index (χ1n) is 10.0. The van der Waals surface area contributed by atoms with Crippen LogP contribution in [0, 0.1) is 0 Å². The predicted molar refractivity (Wildman–Crippen MR) is 115 cm³/mol. The average molecular weight is 436 g/mol. The summed E-state index contributed by atoms with van der Waals surface area (Å²) in [4.78, 5) is 16.9. The molecule has 0 aliphatic carbocycles. The number of hydrogen-bond donors (Lipinski definition) is 0. The number of carbonyl (C=O) groups is 1. The Bertz CT molecular complexity index is 860. The number of carbonyl (C=O) groups excluding carboxylic acids is 1. The highest BCUT2D eigenvalue weighted by Crippen LogP contribution is 2.30. The molecular weight excluding hydrogens is 410 g/mol. The van der Waals surface area contributed by atoms with Crippen molar-refractivity contribution in [3.05, 3.63) is 29.3 Å². The molecule has 1 aromatic carbocycles. The molecule has 2 atom stereocenters. The zero-order chi connectivity index (χ0) is 20.4. The lowest BCUT2D eigenvalue weighted by atomic mass is 10.2. The van der Waals surface area contributed by atoms with Crippen LogP contribution in [-0.4, -0.2) is 69.7 Å². The second kappa shape index (κ2) is 8.93. The van der Waals surface area contributed by atoms with E-state index in [1.165, 1.54) is 11.8 Å². The van der Waals surface area contributed by atoms with Crippen molar-refractivity contribution in [2.75, 3.05) is 36.8 Å². The van der Waals surface area contributed by atoms with Gasteiger partial charge >= 0.3 is 0 Å². The second-order valence-electron chi connectivity index (χ2n) is 7.64. The average Bonchev–Trinajstić information content (AvgIpc) is 3.34. The number of rotatable bonds is 5. The van der Waals surface area contributed by atoms with Crippen molar-refractivity contribution in [3.8, 4) is 5.69 Å². The molecule has 0 bridgehead atoms. The van der Waals surface area contributed by atoms with Gasteiger partial charge in [-0.05, 0) is 44.9 Å². The minimum Gasteiger partial charge on any atom is -0.372 e. The number of thioether (sulfide) groups is 1. The van der Waals surface area contributed by atoms with Crippen LogP contribution in [0.2, 0.25) is 5.02 Å². The number of benzene rings is 1. The summed E-state index contributed by atoms with van der Waals surface area (Å²) >= 11 is 7.65. The molecule has 1 aromatic heterocycles. The summed E-state index contributed by atoms with van der Waals surface area (Å²) in [6.45, 7) is 7.19. The highest BCUT2D eigenvalue weighted by molar-refractivity contribution is 7.99. The summed E-state index contributed by atoms with van der Waals surface area (Å²) in [5.74, 6) is 1.23. The van der Waals surface area contributed by atoms with Crippen molar-refractivity contribution in [2.24, 2.45) is 0 Å². The number of morpholine rings is 1. The molecule has 0 spiro atoms. The fourth-order valence-corrected chi connectivity index (χ4v) is 4.95. The number of ether oxygens (including phenoxy) is 1. The zero-order valence-corrected chi connectivity index (χ0v) is 18.3. The number of anilines is 1. The summed E-state index contributed by atoms with van der Waals surface area (Å²) < 4.78 is 7.75. The van der Waals surface area contributed by atoms with Crippen molar-refractivity contribution in [2.45, 2.75) is 44.1 Å². The van der Waals surface area contributed by atoms with Gasteiger partial charge in [-0.1, -0.05) is 29.4 Å². The Balaban J connectivity index is 1.55. The second-order valence-corrected chi connectivity index (χ2v) is 9.02. The third-order valence-electron chi connectivity index (χ3n) is 5.17. The minimum absolute atomic E-state index is 0.0598. The van der Waals surface area contributed by atoms with E-state index in [-0.39, 0.29) is 18.1 Å². The Labute approximate surface area is 180 Å². The molecule has 2 saturated heterocycles. The number of aromatic nitrogens is 3. The summed E-state index contributed by atoms with van der Waals surface area (Å²) in [5.41, 5.74) is 0.910. The molecule has 3 heterocycles. The molecule has 4 rings (SSSR count). The van der Waals surface area contributed by atoms with E-state index in [1.807, 2.05) is 47.6 Å². The van der Waals surface area contributed by atoms with E-state index in [0.29, 0.717) is 29.0 Å². The van der Waals surface area contributed by atoms with E-state index in [4.69, 9.17) is 16.3 Å². The Hall–Kier alpha value is -1.77. The van der Waals surface area contributed by atoms with Gasteiger partial charge in [-0.2, -0.15) is 0 Å². The van der Waals surface area contributed by atoms with Gasteiger partial charge in [0.25, 0.3) is 0 Å². The number of hydrogen-bond acceptors (Lipinski definition) is 6. The number of halogens is 1. The van der Waals surface area contributed by atoms with Gasteiger partial charge in [-0.25, -0.2) is 0 Å². The highest BCUT2D eigenvalue weighted by Gasteiger charge is 2.27. The molecule has 2 aromatic rings. The van der Waals surface area contributed by atoms with Crippen molar-refractivity contribution < 1.29 is 9.53 Å². The Morgan fingerprint density at radius 3 is 2.62 bits per heavy atom. The Morgan fingerprint density at radius 1 is 1.21 bits per heavy atom. The van der Waals surface area contributed by atoms with Crippen LogP contribution in [0.25, 0.3) is 5.69 Å². The molecule has 2 fully saturated rings. The van der Waals surface area contributed by atoms with Crippen LogP contribution in [0.1, 0.15) is 26.7 Å². The standard InChI is InChI=1S/C20H26ClN5O2S/c1-14-11-25(12-15(2)28-14)18(27)13-29-20-23-22-19(24-8-3-4-9-24)26(20)17-7-5-6-16(21)10-17/h5-7,10,14-15H,3-4,8-9,11-13H2,1-2H3/t14-,15-/m1/s1. The van der Waals surface area contributed by atoms with Crippen LogP contribution in [0.5, 0.6) is 0 Å². The summed E-state index contributed by atoms with van der Waals surface area (Å²) in [6.07, 6.45) is 2.42. The molecule has 0 unspecified atom stereocenters. The smallest absolute Gasteiger partial charge is 0.233 e. The molecule has 1 amide bonds. The van der Waals surface area contributed by atoms with E-state index < -0.39 is 0 Å². The van der Waals surface area contributed by atoms with Crippen LogP contribution in [0.15, 0.2) is 29.4 Å². The van der Waals surface area contributed by atoms with Gasteiger partial charge in [0.05, 0.1) is 23.6 Å². The van der Waals surface area contributed by atoms with Gasteiger partial charge < -0.3 is 14.5 Å². The zero-order valence-electron chi connectivity index (χ0n) is 16.8. The van der Waals surface area contributed by atoms with Crippen LogP contribution in [-0.2, 0) is 9.53 Å². The topological polar surface area (TPSA) is 63.5 Å². The molecule has 2 aliphatic heterocycles. The monoisotopic (exact) mass is 435 g/mol. The molecule has 0 N–H and O–H groups in total. The van der Waals surface area contributed by atoms with E-state index >= 15 is 0 Å². The Morgan fingerprint density at radius 2 is 1.93 bits per heavy atom. The van der Waals surface area contributed by atoms with Crippen molar-refractivity contribution in [1.29, 1.82) is 0 Å². The first-order valence-corrected chi connectivity index (χ1v) is 11.4. The maximum absolute atomic E-state index is 12.8. The van der Waals surface area contributed by atoms with Crippen molar-refractivity contribution >= 4 is 35.2 Å². The highest BCUT2D eigenvalue weighted by atomic mass is 35.5. The lowest BCUT2D eigenvalue weighted by Crippen LogP contribution is -2.48. The quantitative estimate of drug-likeness (QED) is 0.672. The molecule has 7 nitrogen and oxygen atoms in total. The van der Waals surface area contributed by atoms with E-state index in [9.17, 15) is 4.79 Å². The van der Waals surface area contributed by atoms with Crippen LogP contribution < -0.4 is 4.90 Å². The van der Waals surface area contributed by atoms with Crippen LogP contribution in [0.4, 0.5) is 5.95 Å². The normalized spacial score (nSPS) is 22.3. The van der Waals surface area contributed by atoms with Crippen molar-refractivity contribution in [1.82, 2.24) is 19.7 Å². The largest absolute Gasteiger partial charge is 0.372 e. The first kappa shape index (κ1) is 20.5. The van der Waals surface area contributed by atoms with Gasteiger partial charge in [0.1, 0.15) is 0 Å². The Kier molecular flexibility index (Phi) is 6.32. The number of amides is 1. The van der Waals surface area contributed by atoms with Crippen LogP contribution >= 0.6 is 23.4 Å². The van der Waals surface area contributed by atoms with Gasteiger partial charge in [-0.15, -0.1) is 10.2 Å². The van der Waals surface area contributed by atoms with Gasteiger partial charge in [0.2, 0.25) is 11.9 Å². The summed E-state index contributed by atoms with van der Waals surface area (Å²) in [6, 6.07) is 7.66. The third-order valence-corrected chi connectivity index (χ3v) is 6.32. The lowest BCUT2D eigenvalue weighted by molar-refractivity contribution is -0.140. The molecule has 156 valence electrons.